The third-order valence-corrected chi connectivity index (χ3v) is 2.41. The van der Waals surface area contributed by atoms with Gasteiger partial charge < -0.3 is 14.6 Å². The summed E-state index contributed by atoms with van der Waals surface area (Å²) in [5, 5.41) is 8.64. The van der Waals surface area contributed by atoms with E-state index in [4.69, 9.17) is 14.6 Å². The lowest BCUT2D eigenvalue weighted by Crippen LogP contribution is -2.01. The van der Waals surface area contributed by atoms with Crippen LogP contribution in [0, 0.1) is 6.92 Å². The van der Waals surface area contributed by atoms with Gasteiger partial charge in [-0.25, -0.2) is 0 Å². The van der Waals surface area contributed by atoms with Crippen LogP contribution in [0.15, 0.2) is 12.1 Å². The van der Waals surface area contributed by atoms with Gasteiger partial charge in [0.1, 0.15) is 11.5 Å². The highest BCUT2D eigenvalue weighted by molar-refractivity contribution is 5.67. The number of benzene rings is 1. The van der Waals surface area contributed by atoms with E-state index in [0.29, 0.717) is 12.2 Å². The molecule has 0 radical (unpaired) electrons. The van der Waals surface area contributed by atoms with Gasteiger partial charge in [0.05, 0.1) is 14.2 Å². The molecular weight excluding hydrogens is 208 g/mol. The van der Waals surface area contributed by atoms with Crippen molar-refractivity contribution in [2.75, 3.05) is 14.2 Å². The normalized spacial score (nSPS) is 9.94. The maximum atomic E-state index is 10.5. The summed E-state index contributed by atoms with van der Waals surface area (Å²) in [5.41, 5.74) is 1.87. The molecule has 0 saturated heterocycles. The van der Waals surface area contributed by atoms with Gasteiger partial charge in [0.2, 0.25) is 0 Å². The molecule has 0 aliphatic heterocycles. The first-order valence-corrected chi connectivity index (χ1v) is 5.01. The van der Waals surface area contributed by atoms with E-state index >= 15 is 0 Å². The SMILES string of the molecule is COc1cc(OC)c(CCC(=O)O)cc1C. The molecule has 0 spiro atoms. The molecular formula is C12H16O4. The molecule has 1 aromatic carbocycles. The molecule has 4 nitrogen and oxygen atoms in total. The summed E-state index contributed by atoms with van der Waals surface area (Å²) in [6.07, 6.45) is 0.561. The van der Waals surface area contributed by atoms with E-state index in [1.54, 1.807) is 20.3 Å². The lowest BCUT2D eigenvalue weighted by molar-refractivity contribution is -0.136. The number of aliphatic carboxylic acids is 1. The number of carboxylic acid groups (broad SMARTS) is 1. The predicted octanol–water partition coefficient (Wildman–Crippen LogP) is 2.03. The van der Waals surface area contributed by atoms with Gasteiger partial charge in [-0.15, -0.1) is 0 Å². The Morgan fingerprint density at radius 1 is 1.25 bits per heavy atom. The molecule has 0 fully saturated rings. The maximum Gasteiger partial charge on any atom is 0.303 e. The molecule has 0 saturated carbocycles. The Bertz CT molecular complexity index is 385. The molecule has 1 N–H and O–H groups in total. The highest BCUT2D eigenvalue weighted by atomic mass is 16.5. The number of rotatable bonds is 5. The summed E-state index contributed by atoms with van der Waals surface area (Å²) in [4.78, 5) is 10.5. The Morgan fingerprint density at radius 3 is 2.38 bits per heavy atom. The molecule has 0 amide bonds. The number of carbonyl (C=O) groups is 1. The van der Waals surface area contributed by atoms with Crippen molar-refractivity contribution in [3.05, 3.63) is 23.3 Å². The predicted molar refractivity (Wildman–Crippen MR) is 60.2 cm³/mol. The molecule has 16 heavy (non-hydrogen) atoms. The number of carboxylic acids is 1. The van der Waals surface area contributed by atoms with Gasteiger partial charge >= 0.3 is 5.97 Å². The van der Waals surface area contributed by atoms with E-state index in [2.05, 4.69) is 0 Å². The summed E-state index contributed by atoms with van der Waals surface area (Å²) in [6.45, 7) is 1.92. The number of methoxy groups -OCH3 is 2. The zero-order chi connectivity index (χ0) is 12.1. The van der Waals surface area contributed by atoms with Crippen LogP contribution < -0.4 is 9.47 Å². The van der Waals surface area contributed by atoms with E-state index in [9.17, 15) is 4.79 Å². The minimum Gasteiger partial charge on any atom is -0.496 e. The van der Waals surface area contributed by atoms with E-state index in [-0.39, 0.29) is 6.42 Å². The fourth-order valence-corrected chi connectivity index (χ4v) is 1.58. The van der Waals surface area contributed by atoms with Gasteiger partial charge in [-0.3, -0.25) is 4.79 Å². The molecule has 88 valence electrons. The van der Waals surface area contributed by atoms with Crippen LogP contribution >= 0.6 is 0 Å². The molecule has 0 heterocycles. The quantitative estimate of drug-likeness (QED) is 0.831. The maximum absolute atomic E-state index is 10.5. The third kappa shape index (κ3) is 2.89. The lowest BCUT2D eigenvalue weighted by Gasteiger charge is -2.12. The molecule has 1 aromatic rings. The first kappa shape index (κ1) is 12.4. The number of aryl methyl sites for hydroxylation is 2. The van der Waals surface area contributed by atoms with Gasteiger partial charge in [-0.1, -0.05) is 0 Å². The summed E-state index contributed by atoms with van der Waals surface area (Å²) in [5.74, 6) is 0.607. The largest absolute Gasteiger partial charge is 0.496 e. The van der Waals surface area contributed by atoms with Crippen molar-refractivity contribution >= 4 is 5.97 Å². The highest BCUT2D eigenvalue weighted by Gasteiger charge is 2.09. The first-order chi connectivity index (χ1) is 7.58. The van der Waals surface area contributed by atoms with Crippen LogP contribution in [-0.4, -0.2) is 25.3 Å². The van der Waals surface area contributed by atoms with Crippen LogP contribution in [0.4, 0.5) is 0 Å². The summed E-state index contributed by atoms with van der Waals surface area (Å²) in [6, 6.07) is 3.69. The second-order valence-corrected chi connectivity index (χ2v) is 3.53. The lowest BCUT2D eigenvalue weighted by atomic mass is 10.0. The first-order valence-electron chi connectivity index (χ1n) is 5.01. The topological polar surface area (TPSA) is 55.8 Å². The van der Waals surface area contributed by atoms with E-state index in [0.717, 1.165) is 16.9 Å². The van der Waals surface area contributed by atoms with E-state index < -0.39 is 5.97 Å². The van der Waals surface area contributed by atoms with Crippen molar-refractivity contribution in [1.82, 2.24) is 0 Å². The Labute approximate surface area is 94.8 Å². The minimum atomic E-state index is -0.810. The van der Waals surface area contributed by atoms with Crippen molar-refractivity contribution in [1.29, 1.82) is 0 Å². The molecule has 0 bridgehead atoms. The number of ether oxygens (including phenoxy) is 2. The van der Waals surface area contributed by atoms with Gasteiger partial charge in [-0.05, 0) is 30.5 Å². The molecule has 0 unspecified atom stereocenters. The van der Waals surface area contributed by atoms with Crippen LogP contribution in [0.25, 0.3) is 0 Å². The summed E-state index contributed by atoms with van der Waals surface area (Å²) < 4.78 is 10.4. The average molecular weight is 224 g/mol. The summed E-state index contributed by atoms with van der Waals surface area (Å²) >= 11 is 0. The van der Waals surface area contributed by atoms with Gasteiger partial charge in [0, 0.05) is 12.5 Å². The fourth-order valence-electron chi connectivity index (χ4n) is 1.58. The van der Waals surface area contributed by atoms with Crippen LogP contribution in [0.1, 0.15) is 17.5 Å². The Balaban J connectivity index is 2.98. The van der Waals surface area contributed by atoms with E-state index in [1.807, 2.05) is 13.0 Å². The highest BCUT2D eigenvalue weighted by Crippen LogP contribution is 2.29. The van der Waals surface area contributed by atoms with Crippen molar-refractivity contribution in [2.24, 2.45) is 0 Å². The van der Waals surface area contributed by atoms with Gasteiger partial charge in [0.25, 0.3) is 0 Å². The molecule has 4 heteroatoms. The Hall–Kier alpha value is -1.71. The third-order valence-electron chi connectivity index (χ3n) is 2.41. The van der Waals surface area contributed by atoms with Crippen molar-refractivity contribution in [3.63, 3.8) is 0 Å². The Kier molecular flexibility index (Phi) is 4.17. The zero-order valence-electron chi connectivity index (χ0n) is 9.74. The van der Waals surface area contributed by atoms with Crippen LogP contribution in [0.2, 0.25) is 0 Å². The van der Waals surface area contributed by atoms with Crippen LogP contribution in [0.5, 0.6) is 11.5 Å². The van der Waals surface area contributed by atoms with Crippen LogP contribution in [0.3, 0.4) is 0 Å². The second-order valence-electron chi connectivity index (χ2n) is 3.53. The fraction of sp³-hybridized carbons (Fsp3) is 0.417. The molecule has 1 rings (SSSR count). The summed E-state index contributed by atoms with van der Waals surface area (Å²) in [7, 11) is 3.16. The van der Waals surface area contributed by atoms with Crippen molar-refractivity contribution in [2.45, 2.75) is 19.8 Å². The average Bonchev–Trinajstić information content (AvgIpc) is 2.26. The second kappa shape index (κ2) is 5.39. The molecule has 0 aliphatic rings. The standard InChI is InChI=1S/C12H16O4/c1-8-6-9(4-5-12(13)14)11(16-3)7-10(8)15-2/h6-7H,4-5H2,1-3H3,(H,13,14). The van der Waals surface area contributed by atoms with Gasteiger partial charge in [0.15, 0.2) is 0 Å². The smallest absolute Gasteiger partial charge is 0.303 e. The van der Waals surface area contributed by atoms with E-state index in [1.165, 1.54) is 0 Å². The number of hydrogen-bond donors (Lipinski definition) is 1. The molecule has 0 atom stereocenters. The zero-order valence-corrected chi connectivity index (χ0v) is 9.74. The van der Waals surface area contributed by atoms with Crippen molar-refractivity contribution < 1.29 is 19.4 Å². The van der Waals surface area contributed by atoms with Gasteiger partial charge in [-0.2, -0.15) is 0 Å². The Morgan fingerprint density at radius 2 is 1.88 bits per heavy atom. The molecule has 0 aromatic heterocycles. The monoisotopic (exact) mass is 224 g/mol. The molecule has 0 aliphatic carbocycles. The number of hydrogen-bond acceptors (Lipinski definition) is 3. The minimum absolute atomic E-state index is 0.0993. The van der Waals surface area contributed by atoms with Crippen LogP contribution in [-0.2, 0) is 11.2 Å². The van der Waals surface area contributed by atoms with Crippen molar-refractivity contribution in [3.8, 4) is 11.5 Å².